The van der Waals surface area contributed by atoms with Gasteiger partial charge in [0, 0.05) is 22.7 Å². The average molecular weight is 389 g/mol. The number of hydrogen-bond acceptors (Lipinski definition) is 4. The van der Waals surface area contributed by atoms with Crippen molar-refractivity contribution < 1.29 is 9.53 Å². The minimum absolute atomic E-state index is 0.000518. The molecule has 1 saturated heterocycles. The van der Waals surface area contributed by atoms with Crippen molar-refractivity contribution in [1.82, 2.24) is 4.90 Å². The zero-order valence-electron chi connectivity index (χ0n) is 11.5. The molecule has 1 aliphatic rings. The van der Waals surface area contributed by atoms with Gasteiger partial charge in [-0.2, -0.15) is 0 Å². The molecule has 110 valence electrons. The van der Waals surface area contributed by atoms with E-state index in [0.29, 0.717) is 19.7 Å². The lowest BCUT2D eigenvalue weighted by Crippen LogP contribution is -2.51. The van der Waals surface area contributed by atoms with E-state index in [0.717, 1.165) is 15.8 Å². The van der Waals surface area contributed by atoms with Crippen LogP contribution in [0.5, 0.6) is 0 Å². The zero-order chi connectivity index (χ0) is 14.5. The molecule has 20 heavy (non-hydrogen) atoms. The van der Waals surface area contributed by atoms with Gasteiger partial charge in [-0.1, -0.05) is 12.1 Å². The van der Waals surface area contributed by atoms with E-state index in [1.165, 1.54) is 0 Å². The van der Waals surface area contributed by atoms with Gasteiger partial charge in [0.05, 0.1) is 24.9 Å². The van der Waals surface area contributed by atoms with Crippen LogP contribution in [0.3, 0.4) is 0 Å². The number of anilines is 1. The van der Waals surface area contributed by atoms with Crippen molar-refractivity contribution in [2.24, 2.45) is 5.73 Å². The van der Waals surface area contributed by atoms with Gasteiger partial charge in [-0.05, 0) is 41.6 Å². The molecular weight excluding hydrogens is 369 g/mol. The Labute approximate surface area is 133 Å². The molecule has 1 aromatic carbocycles. The highest BCUT2D eigenvalue weighted by molar-refractivity contribution is 14.1. The first-order valence-electron chi connectivity index (χ1n) is 6.70. The van der Waals surface area contributed by atoms with Gasteiger partial charge >= 0.3 is 0 Å². The van der Waals surface area contributed by atoms with Crippen molar-refractivity contribution in [1.29, 1.82) is 0 Å². The van der Waals surface area contributed by atoms with Crippen LogP contribution in [0.2, 0.25) is 0 Å². The Kier molecular flexibility index (Phi) is 5.76. The van der Waals surface area contributed by atoms with E-state index in [2.05, 4.69) is 32.8 Å². The van der Waals surface area contributed by atoms with Crippen molar-refractivity contribution in [2.45, 2.75) is 19.1 Å². The number of carbonyl (C=O) groups is 1. The molecule has 0 spiro atoms. The van der Waals surface area contributed by atoms with E-state index in [1.807, 2.05) is 31.2 Å². The van der Waals surface area contributed by atoms with Crippen LogP contribution in [0, 0.1) is 3.57 Å². The summed E-state index contributed by atoms with van der Waals surface area (Å²) in [5.41, 5.74) is 6.71. The number of benzene rings is 1. The number of hydrogen-bond donors (Lipinski definition) is 2. The topological polar surface area (TPSA) is 67.6 Å². The van der Waals surface area contributed by atoms with Crippen molar-refractivity contribution in [3.8, 4) is 0 Å². The molecule has 0 bridgehead atoms. The maximum absolute atomic E-state index is 12.1. The predicted octanol–water partition coefficient (Wildman–Crippen LogP) is 1.28. The molecule has 1 heterocycles. The van der Waals surface area contributed by atoms with E-state index in [-0.39, 0.29) is 18.1 Å². The van der Waals surface area contributed by atoms with E-state index in [9.17, 15) is 4.79 Å². The minimum atomic E-state index is -0.0177. The molecule has 1 aliphatic heterocycles. The fourth-order valence-corrected chi connectivity index (χ4v) is 2.67. The van der Waals surface area contributed by atoms with Gasteiger partial charge in [0.25, 0.3) is 0 Å². The van der Waals surface area contributed by atoms with Crippen LogP contribution >= 0.6 is 22.6 Å². The Morgan fingerprint density at radius 2 is 2.35 bits per heavy atom. The fraction of sp³-hybridized carbons (Fsp3) is 0.500. The first-order chi connectivity index (χ1) is 9.56. The Hall–Kier alpha value is -0.700. The van der Waals surface area contributed by atoms with Gasteiger partial charge < -0.3 is 15.8 Å². The Bertz CT molecular complexity index is 467. The van der Waals surface area contributed by atoms with Crippen molar-refractivity contribution in [3.63, 3.8) is 0 Å². The summed E-state index contributed by atoms with van der Waals surface area (Å²) in [6.07, 6.45) is 0.00779. The maximum atomic E-state index is 12.1. The normalized spacial score (nSPS) is 21.4. The molecule has 1 fully saturated rings. The number of nitrogens with zero attached hydrogens (tertiary/aromatic N) is 1. The molecule has 0 saturated carbocycles. The number of para-hydroxylation sites is 1. The number of morpholine rings is 1. The van der Waals surface area contributed by atoms with Gasteiger partial charge in [-0.25, -0.2) is 0 Å². The van der Waals surface area contributed by atoms with E-state index in [1.54, 1.807) is 0 Å². The number of amides is 1. The molecule has 0 aliphatic carbocycles. The number of rotatable bonds is 4. The van der Waals surface area contributed by atoms with Crippen LogP contribution in [0.25, 0.3) is 0 Å². The third-order valence-corrected chi connectivity index (χ3v) is 4.22. The summed E-state index contributed by atoms with van der Waals surface area (Å²) in [6.45, 7) is 4.40. The second kappa shape index (κ2) is 7.35. The first-order valence-corrected chi connectivity index (χ1v) is 7.78. The molecule has 2 rings (SSSR count). The third-order valence-electron chi connectivity index (χ3n) is 3.28. The smallest absolute Gasteiger partial charge is 0.238 e. The third kappa shape index (κ3) is 4.41. The van der Waals surface area contributed by atoms with Gasteiger partial charge in [0.1, 0.15) is 0 Å². The highest BCUT2D eigenvalue weighted by Gasteiger charge is 2.24. The molecule has 3 N–H and O–H groups in total. The van der Waals surface area contributed by atoms with Crippen LogP contribution in [0.4, 0.5) is 5.69 Å². The standard InChI is InChI=1S/C14H20IN3O2/c1-10(16)13-8-18(6-7-20-13)9-14(19)17-12-5-3-2-4-11(12)15/h2-5,10,13H,6-9,16H2,1H3,(H,17,19). The van der Waals surface area contributed by atoms with Gasteiger partial charge in [-0.3, -0.25) is 9.69 Å². The second-order valence-corrected chi connectivity index (χ2v) is 6.19. The molecule has 1 amide bonds. The summed E-state index contributed by atoms with van der Waals surface area (Å²) in [4.78, 5) is 14.2. The SMILES string of the molecule is CC(N)C1CN(CC(=O)Nc2ccccc2I)CCO1. The molecular formula is C14H20IN3O2. The lowest BCUT2D eigenvalue weighted by atomic mass is 10.1. The molecule has 0 aromatic heterocycles. The van der Waals surface area contributed by atoms with Crippen LogP contribution in [-0.4, -0.2) is 49.2 Å². The second-order valence-electron chi connectivity index (χ2n) is 5.03. The number of halogens is 1. The molecule has 0 radical (unpaired) electrons. The molecule has 2 atom stereocenters. The van der Waals surface area contributed by atoms with E-state index < -0.39 is 0 Å². The van der Waals surface area contributed by atoms with Crippen molar-refractivity contribution in [2.75, 3.05) is 31.6 Å². The zero-order valence-corrected chi connectivity index (χ0v) is 13.7. The van der Waals surface area contributed by atoms with Crippen molar-refractivity contribution in [3.05, 3.63) is 27.8 Å². The van der Waals surface area contributed by atoms with Gasteiger partial charge in [-0.15, -0.1) is 0 Å². The van der Waals surface area contributed by atoms with Crippen LogP contribution < -0.4 is 11.1 Å². The summed E-state index contributed by atoms with van der Waals surface area (Å²) in [6, 6.07) is 7.72. The Morgan fingerprint density at radius 3 is 3.05 bits per heavy atom. The minimum Gasteiger partial charge on any atom is -0.374 e. The lowest BCUT2D eigenvalue weighted by Gasteiger charge is -2.34. The van der Waals surface area contributed by atoms with E-state index in [4.69, 9.17) is 10.5 Å². The monoisotopic (exact) mass is 389 g/mol. The number of nitrogens with one attached hydrogen (secondary N) is 1. The van der Waals surface area contributed by atoms with Crippen LogP contribution in [0.1, 0.15) is 6.92 Å². The first kappa shape index (κ1) is 15.7. The maximum Gasteiger partial charge on any atom is 0.238 e. The summed E-state index contributed by atoms with van der Waals surface area (Å²) >= 11 is 2.21. The number of ether oxygens (including phenoxy) is 1. The predicted molar refractivity (Wildman–Crippen MR) is 87.6 cm³/mol. The average Bonchev–Trinajstić information content (AvgIpc) is 2.41. The highest BCUT2D eigenvalue weighted by Crippen LogP contribution is 2.17. The summed E-state index contributed by atoms with van der Waals surface area (Å²) in [5.74, 6) is -0.000518. The quantitative estimate of drug-likeness (QED) is 0.762. The number of nitrogens with two attached hydrogens (primary N) is 1. The fourth-order valence-electron chi connectivity index (χ4n) is 2.15. The van der Waals surface area contributed by atoms with Crippen LogP contribution in [-0.2, 0) is 9.53 Å². The molecule has 1 aromatic rings. The van der Waals surface area contributed by atoms with Gasteiger partial charge in [0.2, 0.25) is 5.91 Å². The van der Waals surface area contributed by atoms with Crippen molar-refractivity contribution >= 4 is 34.2 Å². The highest BCUT2D eigenvalue weighted by atomic mass is 127. The molecule has 5 nitrogen and oxygen atoms in total. The largest absolute Gasteiger partial charge is 0.374 e. The summed E-state index contributed by atoms with van der Waals surface area (Å²) < 4.78 is 6.63. The lowest BCUT2D eigenvalue weighted by molar-refractivity contribution is -0.119. The van der Waals surface area contributed by atoms with Gasteiger partial charge in [0.15, 0.2) is 0 Å². The Balaban J connectivity index is 1.87. The molecule has 6 heteroatoms. The number of carbonyl (C=O) groups excluding carboxylic acids is 1. The summed E-state index contributed by atoms with van der Waals surface area (Å²) in [7, 11) is 0. The molecule has 2 unspecified atom stereocenters. The Morgan fingerprint density at radius 1 is 1.60 bits per heavy atom. The van der Waals surface area contributed by atoms with Crippen LogP contribution in [0.15, 0.2) is 24.3 Å². The summed E-state index contributed by atoms with van der Waals surface area (Å²) in [5, 5.41) is 2.94. The van der Waals surface area contributed by atoms with E-state index >= 15 is 0 Å².